The van der Waals surface area contributed by atoms with E-state index in [2.05, 4.69) is 106 Å². The van der Waals surface area contributed by atoms with Gasteiger partial charge >= 0.3 is 17.9 Å². The molecule has 0 fully saturated rings. The highest BCUT2D eigenvalue weighted by Crippen LogP contribution is 2.16. The quantitative estimate of drug-likeness (QED) is 0.0261. The van der Waals surface area contributed by atoms with Gasteiger partial charge in [0, 0.05) is 19.3 Å². The first-order valence-corrected chi connectivity index (χ1v) is 30.1. The third-order valence-corrected chi connectivity index (χ3v) is 12.9. The van der Waals surface area contributed by atoms with E-state index >= 15 is 0 Å². The normalized spacial score (nSPS) is 12.7. The number of hydrogen-bond donors (Lipinski definition) is 0. The molecular weight excluding hydrogens is 877 g/mol. The Labute approximate surface area is 439 Å². The van der Waals surface area contributed by atoms with Gasteiger partial charge in [0.25, 0.3) is 0 Å². The van der Waals surface area contributed by atoms with Gasteiger partial charge in [-0.2, -0.15) is 0 Å². The highest BCUT2D eigenvalue weighted by atomic mass is 16.6. The Hall–Kier alpha value is -3.41. The van der Waals surface area contributed by atoms with Gasteiger partial charge in [-0.3, -0.25) is 14.4 Å². The van der Waals surface area contributed by atoms with E-state index in [1.165, 1.54) is 141 Å². The molecule has 0 saturated carbocycles. The molecule has 0 radical (unpaired) electrons. The Kier molecular flexibility index (Phi) is 56.3. The summed E-state index contributed by atoms with van der Waals surface area (Å²) in [6, 6.07) is 0. The number of esters is 3. The van der Waals surface area contributed by atoms with Crippen LogP contribution in [0.3, 0.4) is 0 Å². The third kappa shape index (κ3) is 57.4. The van der Waals surface area contributed by atoms with Crippen LogP contribution in [0.5, 0.6) is 0 Å². The van der Waals surface area contributed by atoms with E-state index < -0.39 is 6.10 Å². The molecule has 0 spiro atoms. The summed E-state index contributed by atoms with van der Waals surface area (Å²) in [6.07, 6.45) is 77.3. The Morgan fingerprint density at radius 2 is 0.563 bits per heavy atom. The molecule has 0 bridgehead atoms. The molecular formula is C65H112O6. The van der Waals surface area contributed by atoms with Gasteiger partial charge in [-0.25, -0.2) is 0 Å². The van der Waals surface area contributed by atoms with Crippen molar-refractivity contribution in [1.82, 2.24) is 0 Å². The minimum absolute atomic E-state index is 0.0889. The van der Waals surface area contributed by atoms with Crippen LogP contribution in [0.15, 0.2) is 85.1 Å². The average Bonchev–Trinajstić information content (AvgIpc) is 3.37. The number of hydrogen-bond acceptors (Lipinski definition) is 6. The van der Waals surface area contributed by atoms with Crippen LogP contribution in [-0.2, 0) is 28.6 Å². The van der Waals surface area contributed by atoms with E-state index in [9.17, 15) is 14.4 Å². The number of rotatable bonds is 54. The van der Waals surface area contributed by atoms with Gasteiger partial charge in [0.05, 0.1) is 0 Å². The fourth-order valence-corrected chi connectivity index (χ4v) is 8.33. The molecule has 0 saturated heterocycles. The molecule has 1 unspecified atom stereocenters. The Morgan fingerprint density at radius 1 is 0.296 bits per heavy atom. The van der Waals surface area contributed by atoms with Crippen molar-refractivity contribution >= 4 is 17.9 Å². The maximum Gasteiger partial charge on any atom is 0.306 e. The van der Waals surface area contributed by atoms with Crippen molar-refractivity contribution in [2.24, 2.45) is 0 Å². The SMILES string of the molecule is CC/C=C\C/C=C\C/C=C\C/C=C\CCCCCCC(=O)OC(COC(=O)CCCCCCC/C=C\CCCC)COC(=O)CCCCCCCCCCCCCCC/C=C\C/C=C\CCCCCCC. The van der Waals surface area contributed by atoms with Crippen molar-refractivity contribution in [3.63, 3.8) is 0 Å². The summed E-state index contributed by atoms with van der Waals surface area (Å²) in [5, 5.41) is 0. The van der Waals surface area contributed by atoms with Crippen LogP contribution in [0.2, 0.25) is 0 Å². The number of allylic oxidation sites excluding steroid dienone is 14. The molecule has 0 aliphatic rings. The lowest BCUT2D eigenvalue weighted by Gasteiger charge is -2.18. The molecule has 6 heteroatoms. The summed E-state index contributed by atoms with van der Waals surface area (Å²) in [5.74, 6) is -0.917. The predicted octanol–water partition coefficient (Wildman–Crippen LogP) is 20.3. The lowest BCUT2D eigenvalue weighted by Crippen LogP contribution is -2.30. The number of ether oxygens (including phenoxy) is 3. The maximum absolute atomic E-state index is 12.8. The largest absolute Gasteiger partial charge is 0.462 e. The summed E-state index contributed by atoms with van der Waals surface area (Å²) in [5.41, 5.74) is 0. The molecule has 0 heterocycles. The van der Waals surface area contributed by atoms with Gasteiger partial charge in [-0.05, 0) is 109 Å². The zero-order chi connectivity index (χ0) is 51.4. The van der Waals surface area contributed by atoms with Crippen molar-refractivity contribution in [3.8, 4) is 0 Å². The van der Waals surface area contributed by atoms with Gasteiger partial charge in [0.1, 0.15) is 13.2 Å². The summed E-state index contributed by atoms with van der Waals surface area (Å²) in [4.78, 5) is 38.1. The molecule has 0 aromatic rings. The zero-order valence-corrected chi connectivity index (χ0v) is 46.7. The van der Waals surface area contributed by atoms with Gasteiger partial charge in [0.15, 0.2) is 6.10 Å². The van der Waals surface area contributed by atoms with E-state index in [4.69, 9.17) is 14.2 Å². The zero-order valence-electron chi connectivity index (χ0n) is 46.7. The van der Waals surface area contributed by atoms with Crippen LogP contribution in [0.25, 0.3) is 0 Å². The predicted molar refractivity (Wildman–Crippen MR) is 307 cm³/mol. The first-order chi connectivity index (χ1) is 35.0. The van der Waals surface area contributed by atoms with Crippen molar-refractivity contribution in [1.29, 1.82) is 0 Å². The first kappa shape index (κ1) is 67.6. The van der Waals surface area contributed by atoms with Crippen molar-refractivity contribution < 1.29 is 28.6 Å². The second-order valence-corrected chi connectivity index (χ2v) is 19.9. The van der Waals surface area contributed by atoms with Crippen molar-refractivity contribution in [2.45, 2.75) is 297 Å². The highest BCUT2D eigenvalue weighted by molar-refractivity contribution is 5.71. The summed E-state index contributed by atoms with van der Waals surface area (Å²) >= 11 is 0. The van der Waals surface area contributed by atoms with Gasteiger partial charge < -0.3 is 14.2 Å². The molecule has 0 aliphatic heterocycles. The summed E-state index contributed by atoms with van der Waals surface area (Å²) in [7, 11) is 0. The minimum atomic E-state index is -0.793. The number of carbonyl (C=O) groups excluding carboxylic acids is 3. The van der Waals surface area contributed by atoms with E-state index in [-0.39, 0.29) is 31.1 Å². The molecule has 0 aliphatic carbocycles. The molecule has 1 atom stereocenters. The maximum atomic E-state index is 12.8. The van der Waals surface area contributed by atoms with Crippen LogP contribution in [-0.4, -0.2) is 37.2 Å². The van der Waals surface area contributed by atoms with E-state index in [0.29, 0.717) is 19.3 Å². The van der Waals surface area contributed by atoms with Crippen LogP contribution in [0, 0.1) is 0 Å². The van der Waals surface area contributed by atoms with Crippen molar-refractivity contribution in [3.05, 3.63) is 85.1 Å². The molecule has 0 amide bonds. The summed E-state index contributed by atoms with van der Waals surface area (Å²) < 4.78 is 16.8. The topological polar surface area (TPSA) is 78.9 Å². The monoisotopic (exact) mass is 989 g/mol. The number of carbonyl (C=O) groups is 3. The van der Waals surface area contributed by atoms with E-state index in [0.717, 1.165) is 109 Å². The highest BCUT2D eigenvalue weighted by Gasteiger charge is 2.19. The molecule has 0 rings (SSSR count). The van der Waals surface area contributed by atoms with Crippen LogP contribution in [0.4, 0.5) is 0 Å². The smallest absolute Gasteiger partial charge is 0.306 e. The molecule has 0 N–H and O–H groups in total. The minimum Gasteiger partial charge on any atom is -0.462 e. The van der Waals surface area contributed by atoms with Crippen LogP contribution in [0.1, 0.15) is 290 Å². The summed E-state index contributed by atoms with van der Waals surface area (Å²) in [6.45, 7) is 6.47. The third-order valence-electron chi connectivity index (χ3n) is 12.9. The van der Waals surface area contributed by atoms with E-state index in [1.54, 1.807) is 0 Å². The van der Waals surface area contributed by atoms with Crippen LogP contribution < -0.4 is 0 Å². The Morgan fingerprint density at radius 3 is 0.915 bits per heavy atom. The fourth-order valence-electron chi connectivity index (χ4n) is 8.33. The second-order valence-electron chi connectivity index (χ2n) is 19.9. The lowest BCUT2D eigenvalue weighted by molar-refractivity contribution is -0.167. The van der Waals surface area contributed by atoms with Gasteiger partial charge in [-0.15, -0.1) is 0 Å². The van der Waals surface area contributed by atoms with Crippen LogP contribution >= 0.6 is 0 Å². The van der Waals surface area contributed by atoms with E-state index in [1.807, 2.05) is 0 Å². The first-order valence-electron chi connectivity index (χ1n) is 30.1. The average molecular weight is 990 g/mol. The molecule has 408 valence electrons. The molecule has 0 aromatic carbocycles. The Bertz CT molecular complexity index is 1370. The van der Waals surface area contributed by atoms with Gasteiger partial charge in [0.2, 0.25) is 0 Å². The fraction of sp³-hybridized carbons (Fsp3) is 0.738. The lowest BCUT2D eigenvalue weighted by atomic mass is 10.0. The van der Waals surface area contributed by atoms with Gasteiger partial charge in [-0.1, -0.05) is 247 Å². The standard InChI is InChI=1S/C65H112O6/c1-4-7-10-13-16-19-22-24-26-28-29-30-31-32-33-34-35-37-38-40-43-46-49-52-55-58-64(67)70-61-62(60-69-63(66)57-54-51-48-45-42-21-18-15-12-9-6-3)71-65(68)59-56-53-50-47-44-41-39-36-27-25-23-20-17-14-11-8-5-2/h8,11,15,17-18,20,22,24-25,27-29,39,41,62H,4-7,9-10,12-14,16,19,21,23,26,30-38,40,42-61H2,1-3H3/b11-8-,18-15-,20-17-,24-22-,27-25-,29-28-,41-39-. The molecule has 6 nitrogen and oxygen atoms in total. The molecule has 71 heavy (non-hydrogen) atoms. The molecule has 0 aromatic heterocycles. The Balaban J connectivity index is 4.29. The number of unbranched alkanes of at least 4 members (excludes halogenated alkanes) is 29. The second kappa shape index (κ2) is 59.2. The van der Waals surface area contributed by atoms with Crippen molar-refractivity contribution in [2.75, 3.05) is 13.2 Å².